The molecule has 2 saturated heterocycles. The fourth-order valence-corrected chi connectivity index (χ4v) is 4.94. The van der Waals surface area contributed by atoms with Crippen molar-refractivity contribution in [1.82, 2.24) is 0 Å². The Morgan fingerprint density at radius 1 is 1.09 bits per heavy atom. The molecule has 2 fully saturated rings. The number of alkyl halides is 3. The van der Waals surface area contributed by atoms with Crippen molar-refractivity contribution in [2.75, 3.05) is 34.8 Å². The van der Waals surface area contributed by atoms with Crippen molar-refractivity contribution < 1.29 is 22.8 Å². The van der Waals surface area contributed by atoms with E-state index < -0.39 is 23.6 Å². The zero-order chi connectivity index (χ0) is 25.2. The predicted molar refractivity (Wildman–Crippen MR) is 132 cm³/mol. The first-order valence-corrected chi connectivity index (χ1v) is 12.4. The molecular weight excluding hydrogens is 455 g/mol. The summed E-state index contributed by atoms with van der Waals surface area (Å²) in [4.78, 5) is 29.8. The minimum atomic E-state index is -4.51. The number of amides is 2. The summed E-state index contributed by atoms with van der Waals surface area (Å²) in [5, 5.41) is 2.74. The molecule has 2 atom stereocenters. The quantitative estimate of drug-likeness (QED) is 0.528. The number of piperidine rings is 1. The Morgan fingerprint density at radius 2 is 1.80 bits per heavy atom. The van der Waals surface area contributed by atoms with Gasteiger partial charge in [-0.3, -0.25) is 9.59 Å². The van der Waals surface area contributed by atoms with E-state index in [-0.39, 0.29) is 30.5 Å². The van der Waals surface area contributed by atoms with Gasteiger partial charge >= 0.3 is 6.18 Å². The average molecular weight is 488 g/mol. The van der Waals surface area contributed by atoms with E-state index in [2.05, 4.69) is 19.2 Å². The number of para-hydroxylation sites is 1. The molecule has 0 bridgehead atoms. The summed E-state index contributed by atoms with van der Waals surface area (Å²) in [6, 6.07) is 11.2. The monoisotopic (exact) mass is 487 g/mol. The molecule has 2 heterocycles. The van der Waals surface area contributed by atoms with Crippen molar-refractivity contribution in [3.8, 4) is 0 Å². The summed E-state index contributed by atoms with van der Waals surface area (Å²) in [6.45, 7) is 5.85. The molecule has 2 aromatic rings. The predicted octanol–water partition coefficient (Wildman–Crippen LogP) is 6.20. The van der Waals surface area contributed by atoms with Gasteiger partial charge in [0.15, 0.2) is 0 Å². The number of halogens is 3. The third-order valence-electron chi connectivity index (χ3n) is 7.15. The van der Waals surface area contributed by atoms with E-state index in [1.165, 1.54) is 6.07 Å². The number of benzene rings is 2. The molecule has 8 heteroatoms. The van der Waals surface area contributed by atoms with Crippen LogP contribution in [0.1, 0.15) is 63.0 Å². The van der Waals surface area contributed by atoms with Crippen molar-refractivity contribution in [1.29, 1.82) is 0 Å². The van der Waals surface area contributed by atoms with Gasteiger partial charge in [0.05, 0.1) is 22.9 Å². The van der Waals surface area contributed by atoms with E-state index in [4.69, 9.17) is 0 Å². The average Bonchev–Trinajstić information content (AvgIpc) is 3.25. The van der Waals surface area contributed by atoms with Crippen LogP contribution in [0.3, 0.4) is 0 Å². The standard InChI is InChI=1S/C27H32F3N3O2/c1-3-18(2)21-9-5-6-10-23(21)33-17-19(15-25(33)34)26(35)31-22-16-20(27(28,29)30)11-12-24(22)32-13-7-4-8-14-32/h5-6,9-12,16,18-19H,3-4,7-8,13-15,17H2,1-2H3,(H,31,35)/t18-,19-/m0/s1. The van der Waals surface area contributed by atoms with Crippen LogP contribution in [-0.2, 0) is 15.8 Å². The van der Waals surface area contributed by atoms with Gasteiger partial charge in [0.1, 0.15) is 0 Å². The number of hydrogen-bond donors (Lipinski definition) is 1. The van der Waals surface area contributed by atoms with Crippen molar-refractivity contribution >= 4 is 28.9 Å². The Hall–Kier alpha value is -3.03. The summed E-state index contributed by atoms with van der Waals surface area (Å²) in [5.74, 6) is -0.971. The van der Waals surface area contributed by atoms with Gasteiger partial charge < -0.3 is 15.1 Å². The summed E-state index contributed by atoms with van der Waals surface area (Å²) in [5.41, 5.74) is 1.79. The van der Waals surface area contributed by atoms with Gasteiger partial charge in [-0.25, -0.2) is 0 Å². The number of carbonyl (C=O) groups is 2. The Bertz CT molecular complexity index is 1080. The first-order valence-electron chi connectivity index (χ1n) is 12.4. The molecule has 2 aromatic carbocycles. The number of hydrogen-bond acceptors (Lipinski definition) is 3. The van der Waals surface area contributed by atoms with Crippen molar-refractivity contribution in [3.63, 3.8) is 0 Å². The van der Waals surface area contributed by atoms with Crippen LogP contribution in [0.2, 0.25) is 0 Å². The van der Waals surface area contributed by atoms with Crippen LogP contribution >= 0.6 is 0 Å². The van der Waals surface area contributed by atoms with Gasteiger partial charge in [-0.2, -0.15) is 13.2 Å². The number of nitrogens with one attached hydrogen (secondary N) is 1. The molecule has 2 amide bonds. The number of nitrogens with zero attached hydrogens (tertiary/aromatic N) is 2. The lowest BCUT2D eigenvalue weighted by Gasteiger charge is -2.31. The summed E-state index contributed by atoms with van der Waals surface area (Å²) in [6.07, 6.45) is -0.584. The minimum absolute atomic E-state index is 0.0265. The molecule has 1 N–H and O–H groups in total. The zero-order valence-electron chi connectivity index (χ0n) is 20.2. The van der Waals surface area contributed by atoms with Crippen LogP contribution in [0, 0.1) is 5.92 Å². The second kappa shape index (κ2) is 10.3. The molecule has 0 unspecified atom stereocenters. The molecule has 0 spiro atoms. The van der Waals surface area contributed by atoms with Crippen LogP contribution in [0.25, 0.3) is 0 Å². The SMILES string of the molecule is CC[C@H](C)c1ccccc1N1C[C@@H](C(=O)Nc2cc(C(F)(F)F)ccc2N2CCCCC2)CC1=O. The van der Waals surface area contributed by atoms with Crippen LogP contribution in [0.4, 0.5) is 30.2 Å². The summed E-state index contributed by atoms with van der Waals surface area (Å²) in [7, 11) is 0. The van der Waals surface area contributed by atoms with Crippen LogP contribution in [0.15, 0.2) is 42.5 Å². The molecule has 188 valence electrons. The Balaban J connectivity index is 1.57. The highest BCUT2D eigenvalue weighted by Gasteiger charge is 2.37. The lowest BCUT2D eigenvalue weighted by Crippen LogP contribution is -2.32. The van der Waals surface area contributed by atoms with Crippen molar-refractivity contribution in [3.05, 3.63) is 53.6 Å². The third-order valence-corrected chi connectivity index (χ3v) is 7.15. The van der Waals surface area contributed by atoms with Gasteiger partial charge in [0, 0.05) is 31.7 Å². The largest absolute Gasteiger partial charge is 0.416 e. The lowest BCUT2D eigenvalue weighted by molar-refractivity contribution is -0.137. The highest BCUT2D eigenvalue weighted by atomic mass is 19.4. The summed E-state index contributed by atoms with van der Waals surface area (Å²) < 4.78 is 40.3. The van der Waals surface area contributed by atoms with Gasteiger partial charge in [-0.1, -0.05) is 32.0 Å². The maximum absolute atomic E-state index is 13.4. The van der Waals surface area contributed by atoms with Crippen LogP contribution < -0.4 is 15.1 Å². The molecule has 0 aromatic heterocycles. The number of rotatable bonds is 6. The summed E-state index contributed by atoms with van der Waals surface area (Å²) >= 11 is 0. The second-order valence-corrected chi connectivity index (χ2v) is 9.54. The molecule has 0 radical (unpaired) electrons. The van der Waals surface area contributed by atoms with E-state index >= 15 is 0 Å². The molecule has 0 saturated carbocycles. The smallest absolute Gasteiger partial charge is 0.370 e. The molecule has 4 rings (SSSR count). The Kier molecular flexibility index (Phi) is 7.38. The van der Waals surface area contributed by atoms with E-state index in [0.29, 0.717) is 5.69 Å². The Morgan fingerprint density at radius 3 is 2.49 bits per heavy atom. The van der Waals surface area contributed by atoms with Crippen LogP contribution in [-0.4, -0.2) is 31.4 Å². The number of carbonyl (C=O) groups excluding carboxylic acids is 2. The highest BCUT2D eigenvalue weighted by Crippen LogP contribution is 2.38. The molecule has 2 aliphatic rings. The third kappa shape index (κ3) is 5.46. The first-order chi connectivity index (χ1) is 16.7. The van der Waals surface area contributed by atoms with Gasteiger partial charge in [-0.05, 0) is 61.4 Å². The lowest BCUT2D eigenvalue weighted by atomic mass is 9.96. The van der Waals surface area contributed by atoms with E-state index in [9.17, 15) is 22.8 Å². The molecular formula is C27H32F3N3O2. The molecule has 35 heavy (non-hydrogen) atoms. The van der Waals surface area contributed by atoms with Gasteiger partial charge in [-0.15, -0.1) is 0 Å². The minimum Gasteiger partial charge on any atom is -0.370 e. The highest BCUT2D eigenvalue weighted by molar-refractivity contribution is 6.04. The Labute approximate surface area is 204 Å². The normalized spacial score (nSPS) is 19.7. The fourth-order valence-electron chi connectivity index (χ4n) is 4.94. The van der Waals surface area contributed by atoms with E-state index in [0.717, 1.165) is 62.2 Å². The zero-order valence-corrected chi connectivity index (χ0v) is 20.2. The topological polar surface area (TPSA) is 52.7 Å². The van der Waals surface area contributed by atoms with Crippen molar-refractivity contribution in [2.45, 2.75) is 58.0 Å². The first kappa shape index (κ1) is 25.1. The maximum atomic E-state index is 13.4. The maximum Gasteiger partial charge on any atom is 0.416 e. The second-order valence-electron chi connectivity index (χ2n) is 9.54. The van der Waals surface area contributed by atoms with Gasteiger partial charge in [0.2, 0.25) is 11.8 Å². The van der Waals surface area contributed by atoms with Crippen LogP contribution in [0.5, 0.6) is 0 Å². The molecule has 0 aliphatic carbocycles. The van der Waals surface area contributed by atoms with Crippen molar-refractivity contribution in [2.24, 2.45) is 5.92 Å². The van der Waals surface area contributed by atoms with Gasteiger partial charge in [0.25, 0.3) is 0 Å². The number of anilines is 3. The fraction of sp³-hybridized carbons (Fsp3) is 0.481. The van der Waals surface area contributed by atoms with E-state index in [1.807, 2.05) is 29.2 Å². The molecule has 2 aliphatic heterocycles. The molecule has 5 nitrogen and oxygen atoms in total. The van der Waals surface area contributed by atoms with E-state index in [1.54, 1.807) is 4.90 Å².